The summed E-state index contributed by atoms with van der Waals surface area (Å²) < 4.78 is 25.7. The maximum atomic E-state index is 11.6. The lowest BCUT2D eigenvalue weighted by atomic mass is 10.3. The summed E-state index contributed by atoms with van der Waals surface area (Å²) in [6, 6.07) is 8.41. The molecule has 0 saturated carbocycles. The van der Waals surface area contributed by atoms with Gasteiger partial charge in [0.05, 0.1) is 4.90 Å². The molecule has 0 radical (unpaired) electrons. The van der Waals surface area contributed by atoms with Crippen LogP contribution in [0.25, 0.3) is 0 Å². The molecule has 0 atom stereocenters. The summed E-state index contributed by atoms with van der Waals surface area (Å²) in [5, 5.41) is 7.89. The Morgan fingerprint density at radius 2 is 1.80 bits per heavy atom. The second kappa shape index (κ2) is 9.28. The van der Waals surface area contributed by atoms with Crippen molar-refractivity contribution in [2.24, 2.45) is 0 Å². The largest absolute Gasteiger partial charge is 0.478 e. The Balaban J connectivity index is 0.000000511. The van der Waals surface area contributed by atoms with Crippen LogP contribution in [0.1, 0.15) is 26.7 Å². The molecular formula is C14H21NO4S. The van der Waals surface area contributed by atoms with E-state index < -0.39 is 16.0 Å². The second-order valence-corrected chi connectivity index (χ2v) is 5.92. The number of hydrogen-bond donors (Lipinski definition) is 2. The molecule has 0 saturated heterocycles. The van der Waals surface area contributed by atoms with Crippen LogP contribution in [0, 0.1) is 0 Å². The van der Waals surface area contributed by atoms with E-state index in [4.69, 9.17) is 5.11 Å². The molecule has 0 heterocycles. The quantitative estimate of drug-likeness (QED) is 0.624. The molecule has 20 heavy (non-hydrogen) atoms. The lowest BCUT2D eigenvalue weighted by Gasteiger charge is -2.04. The number of benzene rings is 1. The van der Waals surface area contributed by atoms with Crippen LogP contribution in [0.2, 0.25) is 0 Å². The Hall–Kier alpha value is -1.66. The van der Waals surface area contributed by atoms with Gasteiger partial charge in [0, 0.05) is 12.1 Å². The Morgan fingerprint density at radius 1 is 1.30 bits per heavy atom. The maximum Gasteiger partial charge on any atom is 0.330 e. The molecule has 1 rings (SSSR count). The summed E-state index contributed by atoms with van der Waals surface area (Å²) in [7, 11) is -3.28. The van der Waals surface area contributed by atoms with Crippen LogP contribution in [0.5, 0.6) is 0 Å². The van der Waals surface area contributed by atoms with E-state index in [1.807, 2.05) is 6.92 Å². The summed E-state index contributed by atoms with van der Waals surface area (Å²) in [4.78, 5) is 9.93. The molecule has 0 aliphatic carbocycles. The van der Waals surface area contributed by atoms with Gasteiger partial charge in [-0.25, -0.2) is 17.9 Å². The highest BCUT2D eigenvalue weighted by atomic mass is 32.2. The molecule has 1 aromatic carbocycles. The molecule has 6 heteroatoms. The van der Waals surface area contributed by atoms with Gasteiger partial charge in [-0.1, -0.05) is 38.1 Å². The first-order valence-corrected chi connectivity index (χ1v) is 7.73. The predicted octanol–water partition coefficient (Wildman–Crippen LogP) is 2.41. The molecule has 0 fully saturated rings. The predicted molar refractivity (Wildman–Crippen MR) is 79.0 cm³/mol. The molecule has 0 bridgehead atoms. The zero-order valence-electron chi connectivity index (χ0n) is 11.8. The van der Waals surface area contributed by atoms with Crippen molar-refractivity contribution in [1.82, 2.24) is 4.72 Å². The molecule has 0 aliphatic heterocycles. The van der Waals surface area contributed by atoms with E-state index >= 15 is 0 Å². The first-order valence-electron chi connectivity index (χ1n) is 6.24. The van der Waals surface area contributed by atoms with Crippen LogP contribution in [-0.4, -0.2) is 26.0 Å². The molecule has 0 spiro atoms. The van der Waals surface area contributed by atoms with Crippen molar-refractivity contribution in [2.75, 3.05) is 6.54 Å². The standard InChI is InChI=1S/C10H15NO2S.C4H6O2/c1-2-3-9-11-14(12,13)10-7-5-4-6-8-10;1-3(2)4(5)6/h4-8,11H,2-3,9H2,1H3;1H2,2H3,(H,5,6). The number of sulfonamides is 1. The minimum Gasteiger partial charge on any atom is -0.478 e. The zero-order chi connectivity index (χ0) is 15.6. The van der Waals surface area contributed by atoms with Gasteiger partial charge in [0.25, 0.3) is 0 Å². The maximum absolute atomic E-state index is 11.6. The molecule has 0 aromatic heterocycles. The van der Waals surface area contributed by atoms with Gasteiger partial charge in [0.15, 0.2) is 0 Å². The molecule has 2 N–H and O–H groups in total. The van der Waals surface area contributed by atoms with Crippen molar-refractivity contribution in [2.45, 2.75) is 31.6 Å². The van der Waals surface area contributed by atoms with Gasteiger partial charge in [0.2, 0.25) is 10.0 Å². The van der Waals surface area contributed by atoms with E-state index in [9.17, 15) is 13.2 Å². The van der Waals surface area contributed by atoms with Crippen LogP contribution >= 0.6 is 0 Å². The number of carbonyl (C=O) groups is 1. The monoisotopic (exact) mass is 299 g/mol. The summed E-state index contributed by atoms with van der Waals surface area (Å²) in [6.07, 6.45) is 1.85. The molecule has 0 unspecified atom stereocenters. The molecule has 112 valence electrons. The van der Waals surface area contributed by atoms with Crippen LogP contribution in [0.15, 0.2) is 47.4 Å². The number of carboxylic acid groups (broad SMARTS) is 1. The average molecular weight is 299 g/mol. The first kappa shape index (κ1) is 18.3. The van der Waals surface area contributed by atoms with Gasteiger partial charge >= 0.3 is 5.97 Å². The Kier molecular flexibility index (Phi) is 8.51. The number of nitrogens with one attached hydrogen (secondary N) is 1. The Morgan fingerprint density at radius 3 is 2.20 bits per heavy atom. The third kappa shape index (κ3) is 7.70. The minimum atomic E-state index is -3.28. The van der Waals surface area contributed by atoms with Crippen molar-refractivity contribution in [3.05, 3.63) is 42.5 Å². The highest BCUT2D eigenvalue weighted by Gasteiger charge is 2.11. The third-order valence-corrected chi connectivity index (χ3v) is 3.72. The Labute approximate surface area is 120 Å². The first-order chi connectivity index (χ1) is 9.31. The number of carboxylic acids is 1. The van der Waals surface area contributed by atoms with E-state index in [2.05, 4.69) is 11.3 Å². The Bertz CT molecular complexity index is 511. The van der Waals surface area contributed by atoms with Gasteiger partial charge in [-0.05, 0) is 25.5 Å². The number of unbranched alkanes of at least 4 members (excludes halogenated alkanes) is 1. The summed E-state index contributed by atoms with van der Waals surface area (Å²) >= 11 is 0. The van der Waals surface area contributed by atoms with Gasteiger partial charge in [-0.2, -0.15) is 0 Å². The van der Waals surface area contributed by atoms with Crippen molar-refractivity contribution < 1.29 is 18.3 Å². The second-order valence-electron chi connectivity index (χ2n) is 4.15. The summed E-state index contributed by atoms with van der Waals surface area (Å²) in [5.41, 5.74) is 0.176. The van der Waals surface area contributed by atoms with Crippen molar-refractivity contribution >= 4 is 16.0 Å². The van der Waals surface area contributed by atoms with E-state index in [-0.39, 0.29) is 5.57 Å². The van der Waals surface area contributed by atoms with E-state index in [1.165, 1.54) is 6.92 Å². The molecular weight excluding hydrogens is 278 g/mol. The minimum absolute atomic E-state index is 0.176. The third-order valence-electron chi connectivity index (χ3n) is 2.24. The zero-order valence-corrected chi connectivity index (χ0v) is 12.6. The molecule has 1 aromatic rings. The fourth-order valence-electron chi connectivity index (χ4n) is 1.07. The van der Waals surface area contributed by atoms with Crippen molar-refractivity contribution in [3.63, 3.8) is 0 Å². The van der Waals surface area contributed by atoms with Crippen molar-refractivity contribution in [3.8, 4) is 0 Å². The summed E-state index contributed by atoms with van der Waals surface area (Å²) in [5.74, 6) is -0.935. The average Bonchev–Trinajstić information content (AvgIpc) is 2.40. The highest BCUT2D eigenvalue weighted by Crippen LogP contribution is 2.06. The van der Waals surface area contributed by atoms with E-state index in [0.717, 1.165) is 12.8 Å². The smallest absolute Gasteiger partial charge is 0.330 e. The number of hydrogen-bond acceptors (Lipinski definition) is 3. The topological polar surface area (TPSA) is 83.5 Å². The van der Waals surface area contributed by atoms with Crippen LogP contribution in [-0.2, 0) is 14.8 Å². The van der Waals surface area contributed by atoms with Crippen LogP contribution in [0.4, 0.5) is 0 Å². The lowest BCUT2D eigenvalue weighted by molar-refractivity contribution is -0.132. The summed E-state index contributed by atoms with van der Waals surface area (Å²) in [6.45, 7) is 7.13. The molecule has 0 aliphatic rings. The van der Waals surface area contributed by atoms with Gasteiger partial charge in [0.1, 0.15) is 0 Å². The molecule has 0 amide bonds. The normalized spacial score (nSPS) is 10.3. The van der Waals surface area contributed by atoms with Gasteiger partial charge in [-0.15, -0.1) is 0 Å². The lowest BCUT2D eigenvalue weighted by Crippen LogP contribution is -2.24. The van der Waals surface area contributed by atoms with Crippen molar-refractivity contribution in [1.29, 1.82) is 0 Å². The van der Waals surface area contributed by atoms with Gasteiger partial charge in [-0.3, -0.25) is 0 Å². The fraction of sp³-hybridized carbons (Fsp3) is 0.357. The SMILES string of the molecule is C=C(C)C(=O)O.CCCCNS(=O)(=O)c1ccccc1. The van der Waals surface area contributed by atoms with Crippen LogP contribution in [0.3, 0.4) is 0 Å². The number of aliphatic carboxylic acids is 1. The number of rotatable bonds is 6. The van der Waals surface area contributed by atoms with E-state index in [0.29, 0.717) is 11.4 Å². The fourth-order valence-corrected chi connectivity index (χ4v) is 2.16. The van der Waals surface area contributed by atoms with Crippen LogP contribution < -0.4 is 4.72 Å². The highest BCUT2D eigenvalue weighted by molar-refractivity contribution is 7.89. The molecule has 5 nitrogen and oxygen atoms in total. The van der Waals surface area contributed by atoms with E-state index in [1.54, 1.807) is 30.3 Å². The van der Waals surface area contributed by atoms with Gasteiger partial charge < -0.3 is 5.11 Å².